The van der Waals surface area contributed by atoms with Crippen molar-refractivity contribution in [3.63, 3.8) is 0 Å². The highest BCUT2D eigenvalue weighted by molar-refractivity contribution is 7.91. The molecule has 1 fully saturated rings. The molecule has 1 saturated heterocycles. The van der Waals surface area contributed by atoms with Crippen LogP contribution in [0.15, 0.2) is 35.2 Å². The van der Waals surface area contributed by atoms with Crippen molar-refractivity contribution in [2.24, 2.45) is 5.73 Å². The molecular weight excluding hydrogens is 580 g/mol. The van der Waals surface area contributed by atoms with Crippen LogP contribution in [0.5, 0.6) is 0 Å². The first kappa shape index (κ1) is 31.6. The summed E-state index contributed by atoms with van der Waals surface area (Å²) in [5, 5.41) is 16.2. The van der Waals surface area contributed by atoms with Crippen LogP contribution in [0.2, 0.25) is 10.0 Å². The number of rotatable bonds is 10. The molecule has 0 aromatic heterocycles. The molecule has 0 bridgehead atoms. The molecule has 3 rings (SSSR count). The third-order valence-electron chi connectivity index (χ3n) is 6.50. The maximum Gasteiger partial charge on any atom is 0.416 e. The Morgan fingerprint density at radius 2 is 1.97 bits per heavy atom. The van der Waals surface area contributed by atoms with E-state index in [2.05, 4.69) is 10.6 Å². The number of amides is 1. The Hall–Kier alpha value is -1.93. The van der Waals surface area contributed by atoms with E-state index in [0.717, 1.165) is 6.07 Å². The summed E-state index contributed by atoms with van der Waals surface area (Å²) in [5.74, 6) is -0.494. The second-order valence-corrected chi connectivity index (χ2v) is 12.4. The summed E-state index contributed by atoms with van der Waals surface area (Å²) in [6, 6.07) is 6.05. The zero-order chi connectivity index (χ0) is 29.0. The zero-order valence-electron chi connectivity index (χ0n) is 21.2. The minimum Gasteiger partial charge on any atom is -0.374 e. The van der Waals surface area contributed by atoms with Crippen molar-refractivity contribution in [3.8, 4) is 0 Å². The molecule has 2 atom stereocenters. The number of aliphatic hydroxyl groups is 1. The lowest BCUT2D eigenvalue weighted by molar-refractivity contribution is -0.138. The Bertz CT molecular complexity index is 1290. The van der Waals surface area contributed by atoms with E-state index in [0.29, 0.717) is 25.9 Å². The molecule has 0 saturated carbocycles. The van der Waals surface area contributed by atoms with E-state index in [9.17, 15) is 31.5 Å². The number of carbonyl (C=O) groups is 1. The first-order valence-corrected chi connectivity index (χ1v) is 14.7. The molecule has 2 aromatic rings. The van der Waals surface area contributed by atoms with Crippen LogP contribution in [-0.4, -0.2) is 55.8 Å². The first-order chi connectivity index (χ1) is 18.2. The number of alkyl halides is 3. The largest absolute Gasteiger partial charge is 0.416 e. The molecule has 5 N–H and O–H groups in total. The van der Waals surface area contributed by atoms with Crippen LogP contribution in [0, 0.1) is 0 Å². The number of carbonyl (C=O) groups excluding carboxylic acids is 1. The highest BCUT2D eigenvalue weighted by atomic mass is 35.5. The van der Waals surface area contributed by atoms with E-state index in [1.54, 1.807) is 4.90 Å². The molecule has 8 nitrogen and oxygen atoms in total. The van der Waals surface area contributed by atoms with Crippen LogP contribution >= 0.6 is 23.2 Å². The van der Waals surface area contributed by atoms with Gasteiger partial charge in [-0.25, -0.2) is 8.42 Å². The van der Waals surface area contributed by atoms with Crippen molar-refractivity contribution in [2.75, 3.05) is 25.4 Å². The SMILES string of the molecule is CCS(=O)(=O)c1ccc(Cl)cc1CNC(O)c1cc(Cl)c(CN2CCC[C@@H](NC(=O)CN)C2)c(C(F)(F)F)c1. The molecule has 2 aromatic carbocycles. The Morgan fingerprint density at radius 1 is 1.26 bits per heavy atom. The summed E-state index contributed by atoms with van der Waals surface area (Å²) in [6.45, 7) is 1.89. The van der Waals surface area contributed by atoms with Gasteiger partial charge in [0.1, 0.15) is 6.23 Å². The summed E-state index contributed by atoms with van der Waals surface area (Å²) < 4.78 is 67.2. The molecule has 39 heavy (non-hydrogen) atoms. The van der Waals surface area contributed by atoms with Crippen LogP contribution in [-0.2, 0) is 33.9 Å². The number of hydrogen-bond acceptors (Lipinski definition) is 7. The summed E-state index contributed by atoms with van der Waals surface area (Å²) in [5.41, 5.74) is 4.34. The van der Waals surface area contributed by atoms with Gasteiger partial charge in [0.2, 0.25) is 5.91 Å². The molecule has 0 spiro atoms. The predicted octanol–water partition coefficient (Wildman–Crippen LogP) is 3.63. The Kier molecular flexibility index (Phi) is 10.7. The number of aliphatic hydroxyl groups excluding tert-OH is 1. The second-order valence-electron chi connectivity index (χ2n) is 9.31. The van der Waals surface area contributed by atoms with E-state index < -0.39 is 27.8 Å². The quantitative estimate of drug-likeness (QED) is 0.303. The monoisotopic (exact) mass is 610 g/mol. The first-order valence-electron chi connectivity index (χ1n) is 12.3. The molecule has 14 heteroatoms. The average Bonchev–Trinajstić information content (AvgIpc) is 2.87. The van der Waals surface area contributed by atoms with E-state index in [1.165, 1.54) is 31.2 Å². The van der Waals surface area contributed by atoms with E-state index in [4.69, 9.17) is 28.9 Å². The number of benzene rings is 2. The minimum absolute atomic E-state index is 0.0148. The van der Waals surface area contributed by atoms with Gasteiger partial charge in [-0.05, 0) is 66.4 Å². The standard InChI is InChI=1S/C25H31Cl2F3N4O4S/c1-2-39(37,38)22-6-5-17(26)8-16(22)12-32-24(36)15-9-20(25(28,29)30)19(21(27)10-15)14-34-7-3-4-18(13-34)33-23(35)11-31/h5-6,8-10,18,24,32,36H,2-4,7,11-14,31H2,1H3,(H,33,35)/t18-,24?/m1/s1. The van der Waals surface area contributed by atoms with Crippen LogP contribution < -0.4 is 16.4 Å². The lowest BCUT2D eigenvalue weighted by Gasteiger charge is -2.34. The lowest BCUT2D eigenvalue weighted by atomic mass is 9.99. The molecule has 1 heterocycles. The van der Waals surface area contributed by atoms with Gasteiger partial charge >= 0.3 is 6.18 Å². The number of hydrogen-bond donors (Lipinski definition) is 4. The topological polar surface area (TPSA) is 125 Å². The van der Waals surface area contributed by atoms with Crippen LogP contribution in [0.1, 0.15) is 48.2 Å². The van der Waals surface area contributed by atoms with Crippen molar-refractivity contribution in [3.05, 3.63) is 62.6 Å². The summed E-state index contributed by atoms with van der Waals surface area (Å²) >= 11 is 12.4. The zero-order valence-corrected chi connectivity index (χ0v) is 23.5. The number of nitrogens with one attached hydrogen (secondary N) is 2. The van der Waals surface area contributed by atoms with Gasteiger partial charge in [0.15, 0.2) is 9.84 Å². The number of piperidine rings is 1. The summed E-state index contributed by atoms with van der Waals surface area (Å²) in [4.78, 5) is 13.4. The van der Waals surface area contributed by atoms with Gasteiger partial charge in [0.25, 0.3) is 0 Å². The summed E-state index contributed by atoms with van der Waals surface area (Å²) in [6.07, 6.45) is -4.98. The third-order valence-corrected chi connectivity index (χ3v) is 8.90. The average molecular weight is 612 g/mol. The van der Waals surface area contributed by atoms with Gasteiger partial charge in [-0.15, -0.1) is 0 Å². The fraction of sp³-hybridized carbons (Fsp3) is 0.480. The number of sulfone groups is 1. The Balaban J connectivity index is 1.83. The highest BCUT2D eigenvalue weighted by Crippen LogP contribution is 2.38. The van der Waals surface area contributed by atoms with Gasteiger partial charge in [0.05, 0.1) is 22.8 Å². The van der Waals surface area contributed by atoms with Crippen LogP contribution in [0.3, 0.4) is 0 Å². The van der Waals surface area contributed by atoms with Crippen molar-refractivity contribution >= 4 is 38.9 Å². The number of likely N-dealkylation sites (tertiary alicyclic amines) is 1. The third kappa shape index (κ3) is 8.29. The molecule has 1 aliphatic rings. The van der Waals surface area contributed by atoms with Crippen molar-refractivity contribution in [2.45, 2.75) is 56.2 Å². The van der Waals surface area contributed by atoms with Gasteiger partial charge < -0.3 is 16.2 Å². The Morgan fingerprint density at radius 3 is 2.62 bits per heavy atom. The normalized spacial score (nSPS) is 17.7. The molecule has 1 aliphatic heterocycles. The predicted molar refractivity (Wildman–Crippen MR) is 143 cm³/mol. The van der Waals surface area contributed by atoms with Crippen molar-refractivity contribution < 1.29 is 31.5 Å². The van der Waals surface area contributed by atoms with Gasteiger partial charge in [0, 0.05) is 35.7 Å². The molecule has 0 aliphatic carbocycles. The highest BCUT2D eigenvalue weighted by Gasteiger charge is 2.36. The maximum atomic E-state index is 14.1. The number of halogens is 5. The van der Waals surface area contributed by atoms with Gasteiger partial charge in [-0.3, -0.25) is 15.0 Å². The fourth-order valence-corrected chi connectivity index (χ4v) is 6.12. The minimum atomic E-state index is -4.76. The molecule has 1 amide bonds. The lowest BCUT2D eigenvalue weighted by Crippen LogP contribution is -2.48. The van der Waals surface area contributed by atoms with Gasteiger partial charge in [-0.1, -0.05) is 30.1 Å². The van der Waals surface area contributed by atoms with E-state index >= 15 is 0 Å². The van der Waals surface area contributed by atoms with Crippen LogP contribution in [0.25, 0.3) is 0 Å². The number of nitrogens with zero attached hydrogens (tertiary/aromatic N) is 1. The second kappa shape index (κ2) is 13.2. The smallest absolute Gasteiger partial charge is 0.374 e. The molecular formula is C25H31Cl2F3N4O4S. The Labute approximate surface area is 235 Å². The maximum absolute atomic E-state index is 14.1. The van der Waals surface area contributed by atoms with Crippen LogP contribution in [0.4, 0.5) is 13.2 Å². The molecule has 1 unspecified atom stereocenters. The molecule has 0 radical (unpaired) electrons. The van der Waals surface area contributed by atoms with Gasteiger partial charge in [-0.2, -0.15) is 13.2 Å². The number of nitrogens with two attached hydrogens (primary N) is 1. The van der Waals surface area contributed by atoms with E-state index in [-0.39, 0.29) is 69.0 Å². The molecule has 216 valence electrons. The summed E-state index contributed by atoms with van der Waals surface area (Å²) in [7, 11) is -3.61. The fourth-order valence-electron chi connectivity index (χ4n) is 4.53. The van der Waals surface area contributed by atoms with Crippen molar-refractivity contribution in [1.82, 2.24) is 15.5 Å². The van der Waals surface area contributed by atoms with Crippen molar-refractivity contribution in [1.29, 1.82) is 0 Å². The van der Waals surface area contributed by atoms with E-state index in [1.807, 2.05) is 0 Å².